The largest absolute Gasteiger partial charge is 0.483 e. The van der Waals surface area contributed by atoms with Crippen molar-refractivity contribution in [3.63, 3.8) is 0 Å². The molecule has 7 nitrogen and oxygen atoms in total. The molecule has 0 saturated heterocycles. The Bertz CT molecular complexity index is 1820. The number of ether oxygens (including phenoxy) is 1. The van der Waals surface area contributed by atoms with Crippen molar-refractivity contribution in [2.45, 2.75) is 6.18 Å². The number of para-hydroxylation sites is 2. The first-order valence-corrected chi connectivity index (χ1v) is 12.6. The highest BCUT2D eigenvalue weighted by Gasteiger charge is 2.31. The number of nitrogens with one attached hydrogen (secondary N) is 1. The number of halogens is 4. The normalized spacial score (nSPS) is 11.6. The van der Waals surface area contributed by atoms with Crippen molar-refractivity contribution in [2.24, 2.45) is 5.10 Å². The van der Waals surface area contributed by atoms with Gasteiger partial charge in [0, 0.05) is 21.8 Å². The minimum absolute atomic E-state index is 0.0416. The van der Waals surface area contributed by atoms with Gasteiger partial charge in [-0.1, -0.05) is 54.1 Å². The second kappa shape index (κ2) is 11.6. The molecule has 1 amide bonds. The van der Waals surface area contributed by atoms with E-state index in [4.69, 9.17) is 16.3 Å². The second-order valence-corrected chi connectivity index (χ2v) is 9.21. The zero-order valence-electron chi connectivity index (χ0n) is 21.1. The van der Waals surface area contributed by atoms with Crippen LogP contribution in [0.15, 0.2) is 107 Å². The third kappa shape index (κ3) is 6.44. The van der Waals surface area contributed by atoms with E-state index >= 15 is 0 Å². The molecule has 0 saturated carbocycles. The zero-order valence-corrected chi connectivity index (χ0v) is 21.9. The van der Waals surface area contributed by atoms with Crippen molar-refractivity contribution in [2.75, 3.05) is 11.9 Å². The Morgan fingerprint density at radius 2 is 1.73 bits per heavy atom. The van der Waals surface area contributed by atoms with Gasteiger partial charge in [0.25, 0.3) is 11.5 Å². The molecule has 0 aliphatic heterocycles. The predicted molar refractivity (Wildman–Crippen MR) is 151 cm³/mol. The molecule has 206 valence electrons. The van der Waals surface area contributed by atoms with E-state index in [-0.39, 0.29) is 29.1 Å². The lowest BCUT2D eigenvalue weighted by atomic mass is 10.1. The number of hydrogen-bond acceptors (Lipinski definition) is 5. The number of amides is 1. The number of nitrogens with zero attached hydrogens (tertiary/aromatic N) is 3. The monoisotopic (exact) mass is 576 g/mol. The maximum Gasteiger partial charge on any atom is 0.416 e. The molecular weight excluding hydrogens is 557 g/mol. The molecule has 11 heteroatoms. The number of carbonyl (C=O) groups excluding carboxylic acids is 1. The number of fused-ring (bicyclic) bond motifs is 1. The predicted octanol–water partition coefficient (Wildman–Crippen LogP) is 6.64. The summed E-state index contributed by atoms with van der Waals surface area (Å²) in [7, 11) is 0. The first-order chi connectivity index (χ1) is 19.7. The molecule has 41 heavy (non-hydrogen) atoms. The number of aromatic nitrogens is 2. The summed E-state index contributed by atoms with van der Waals surface area (Å²) in [4.78, 5) is 30.3. The lowest BCUT2D eigenvalue weighted by molar-refractivity contribution is -0.137. The number of alkyl halides is 3. The number of hydrogen-bond donors (Lipinski definition) is 1. The van der Waals surface area contributed by atoms with E-state index < -0.39 is 23.2 Å². The van der Waals surface area contributed by atoms with Crippen molar-refractivity contribution in [3.05, 3.63) is 124 Å². The van der Waals surface area contributed by atoms with Crippen molar-refractivity contribution in [3.8, 4) is 17.1 Å². The summed E-state index contributed by atoms with van der Waals surface area (Å²) >= 11 is 6.18. The van der Waals surface area contributed by atoms with Crippen LogP contribution in [-0.4, -0.2) is 28.4 Å². The topological polar surface area (TPSA) is 85.6 Å². The fourth-order valence-corrected chi connectivity index (χ4v) is 4.17. The molecule has 0 aliphatic carbocycles. The molecule has 0 atom stereocenters. The highest BCUT2D eigenvalue weighted by molar-refractivity contribution is 6.30. The Balaban J connectivity index is 1.52. The summed E-state index contributed by atoms with van der Waals surface area (Å²) in [6.07, 6.45) is -3.33. The summed E-state index contributed by atoms with van der Waals surface area (Å²) < 4.78 is 47.0. The molecule has 0 aliphatic rings. The van der Waals surface area contributed by atoms with Gasteiger partial charge in [-0.3, -0.25) is 9.59 Å². The van der Waals surface area contributed by atoms with Gasteiger partial charge in [-0.2, -0.15) is 22.9 Å². The summed E-state index contributed by atoms with van der Waals surface area (Å²) in [6, 6.07) is 24.4. The molecule has 0 fully saturated rings. The van der Waals surface area contributed by atoms with Gasteiger partial charge in [0.2, 0.25) is 0 Å². The molecular formula is C30H20ClF3N4O3. The SMILES string of the molecule is O=C(COc1ccc(Cl)cc1C=Nn1c(-c2cccc(C(F)(F)F)c2)nc2ccccc2c1=O)Nc1ccccc1. The van der Waals surface area contributed by atoms with Gasteiger partial charge in [0.05, 0.1) is 22.7 Å². The fourth-order valence-electron chi connectivity index (χ4n) is 3.99. The van der Waals surface area contributed by atoms with Crippen LogP contribution >= 0.6 is 11.6 Å². The summed E-state index contributed by atoms with van der Waals surface area (Å²) in [5.74, 6) is -0.262. The third-order valence-electron chi connectivity index (χ3n) is 5.90. The van der Waals surface area contributed by atoms with Crippen LogP contribution in [0.5, 0.6) is 5.75 Å². The molecule has 0 bridgehead atoms. The summed E-state index contributed by atoms with van der Waals surface area (Å²) in [5, 5.41) is 7.55. The van der Waals surface area contributed by atoms with Crippen LogP contribution in [0.2, 0.25) is 5.02 Å². The third-order valence-corrected chi connectivity index (χ3v) is 6.14. The first kappa shape index (κ1) is 27.6. The second-order valence-electron chi connectivity index (χ2n) is 8.78. The molecule has 0 unspecified atom stereocenters. The minimum Gasteiger partial charge on any atom is -0.483 e. The first-order valence-electron chi connectivity index (χ1n) is 12.2. The van der Waals surface area contributed by atoms with Gasteiger partial charge in [0.1, 0.15) is 5.75 Å². The Morgan fingerprint density at radius 3 is 2.51 bits per heavy atom. The van der Waals surface area contributed by atoms with Crippen LogP contribution in [0.3, 0.4) is 0 Å². The number of rotatable bonds is 7. The maximum atomic E-state index is 13.4. The van der Waals surface area contributed by atoms with Crippen LogP contribution in [0.25, 0.3) is 22.3 Å². The summed E-state index contributed by atoms with van der Waals surface area (Å²) in [6.45, 7) is -0.329. The molecule has 0 spiro atoms. The average Bonchev–Trinajstić information content (AvgIpc) is 2.96. The van der Waals surface area contributed by atoms with E-state index in [2.05, 4.69) is 15.4 Å². The smallest absolute Gasteiger partial charge is 0.416 e. The van der Waals surface area contributed by atoms with E-state index in [1.165, 1.54) is 30.5 Å². The van der Waals surface area contributed by atoms with Crippen LogP contribution < -0.4 is 15.6 Å². The molecule has 1 aromatic heterocycles. The van der Waals surface area contributed by atoms with Crippen LogP contribution in [-0.2, 0) is 11.0 Å². The van der Waals surface area contributed by atoms with Gasteiger partial charge in [-0.25, -0.2) is 4.98 Å². The van der Waals surface area contributed by atoms with Gasteiger partial charge < -0.3 is 10.1 Å². The van der Waals surface area contributed by atoms with Gasteiger partial charge >= 0.3 is 6.18 Å². The van der Waals surface area contributed by atoms with E-state index in [1.54, 1.807) is 54.6 Å². The van der Waals surface area contributed by atoms with Crippen LogP contribution in [0.4, 0.5) is 18.9 Å². The molecule has 0 radical (unpaired) electrons. The van der Waals surface area contributed by atoms with E-state index in [0.29, 0.717) is 21.8 Å². The molecule has 5 rings (SSSR count). The Labute approximate surface area is 236 Å². The van der Waals surface area contributed by atoms with E-state index in [0.717, 1.165) is 16.8 Å². The molecule has 5 aromatic rings. The minimum atomic E-state index is -4.60. The maximum absolute atomic E-state index is 13.4. The van der Waals surface area contributed by atoms with E-state index in [1.807, 2.05) is 6.07 Å². The van der Waals surface area contributed by atoms with Crippen molar-refractivity contribution in [1.29, 1.82) is 0 Å². The highest BCUT2D eigenvalue weighted by Crippen LogP contribution is 2.32. The molecule has 1 N–H and O–H groups in total. The molecule has 1 heterocycles. The standard InChI is InChI=1S/C30H20ClF3N4O3/c31-22-13-14-26(41-18-27(39)36-23-9-2-1-3-10-23)20(16-22)17-35-38-28(19-7-6-8-21(15-19)30(32,33)34)37-25-12-5-4-11-24(25)29(38)40/h1-17H,18H2,(H,36,39). The quantitative estimate of drug-likeness (QED) is 0.220. The van der Waals surface area contributed by atoms with Gasteiger partial charge in [-0.05, 0) is 54.6 Å². The van der Waals surface area contributed by atoms with Gasteiger partial charge in [-0.15, -0.1) is 0 Å². The van der Waals surface area contributed by atoms with Gasteiger partial charge in [0.15, 0.2) is 12.4 Å². The lowest BCUT2D eigenvalue weighted by Gasteiger charge is -2.13. The van der Waals surface area contributed by atoms with Crippen molar-refractivity contribution >= 4 is 40.3 Å². The zero-order chi connectivity index (χ0) is 29.0. The number of benzene rings is 4. The van der Waals surface area contributed by atoms with Crippen LogP contribution in [0.1, 0.15) is 11.1 Å². The Hall–Kier alpha value is -4.96. The lowest BCUT2D eigenvalue weighted by Crippen LogP contribution is -2.21. The highest BCUT2D eigenvalue weighted by atomic mass is 35.5. The Kier molecular flexibility index (Phi) is 7.84. The number of anilines is 1. The average molecular weight is 577 g/mol. The Morgan fingerprint density at radius 1 is 0.976 bits per heavy atom. The number of carbonyl (C=O) groups is 1. The molecule has 4 aromatic carbocycles. The van der Waals surface area contributed by atoms with Crippen LogP contribution in [0, 0.1) is 0 Å². The van der Waals surface area contributed by atoms with E-state index in [9.17, 15) is 22.8 Å². The summed E-state index contributed by atoms with van der Waals surface area (Å²) in [5.41, 5.74) is -0.227. The fraction of sp³-hybridized carbons (Fsp3) is 0.0667. The van der Waals surface area contributed by atoms with Crippen molar-refractivity contribution < 1.29 is 22.7 Å². The van der Waals surface area contributed by atoms with Crippen molar-refractivity contribution in [1.82, 2.24) is 9.66 Å².